The normalized spacial score (nSPS) is 18.4. The van der Waals surface area contributed by atoms with E-state index in [0.29, 0.717) is 19.0 Å². The molecule has 1 unspecified atom stereocenters. The molecule has 1 aliphatic rings. The van der Waals surface area contributed by atoms with Crippen LogP contribution in [0.4, 0.5) is 4.39 Å². The Bertz CT molecular complexity index is 867. The number of carbonyl (C=O) groups excluding carboxylic acids is 1. The highest BCUT2D eigenvalue weighted by molar-refractivity contribution is 5.87. The number of rotatable bonds is 7. The molecule has 1 atom stereocenters. The molecule has 2 rings (SSSR count). The van der Waals surface area contributed by atoms with Crippen molar-refractivity contribution in [1.29, 1.82) is 0 Å². The summed E-state index contributed by atoms with van der Waals surface area (Å²) in [5.74, 6) is 0.423. The van der Waals surface area contributed by atoms with E-state index in [0.717, 1.165) is 34.4 Å². The van der Waals surface area contributed by atoms with E-state index < -0.39 is 0 Å². The van der Waals surface area contributed by atoms with Gasteiger partial charge in [0, 0.05) is 49.1 Å². The van der Waals surface area contributed by atoms with Crippen LogP contribution in [-0.4, -0.2) is 43.0 Å². The average molecular weight is 400 g/mol. The molecule has 5 nitrogen and oxygen atoms in total. The highest BCUT2D eigenvalue weighted by Gasteiger charge is 2.29. The van der Waals surface area contributed by atoms with E-state index >= 15 is 0 Å². The average Bonchev–Trinajstić information content (AvgIpc) is 3.21. The van der Waals surface area contributed by atoms with Crippen LogP contribution in [0.15, 0.2) is 54.0 Å². The predicted molar refractivity (Wildman–Crippen MR) is 115 cm³/mol. The summed E-state index contributed by atoms with van der Waals surface area (Å²) in [7, 11) is 3.46. The lowest BCUT2D eigenvalue weighted by Gasteiger charge is -2.19. The van der Waals surface area contributed by atoms with Crippen molar-refractivity contribution in [1.82, 2.24) is 15.2 Å². The van der Waals surface area contributed by atoms with Crippen LogP contribution < -0.4 is 10.1 Å². The first-order valence-electron chi connectivity index (χ1n) is 9.67. The van der Waals surface area contributed by atoms with Crippen LogP contribution in [0, 0.1) is 0 Å². The largest absolute Gasteiger partial charge is 0.481 e. The quantitative estimate of drug-likeness (QED) is 0.547. The van der Waals surface area contributed by atoms with Gasteiger partial charge >= 0.3 is 0 Å². The smallest absolute Gasteiger partial charge is 0.245 e. The van der Waals surface area contributed by atoms with Crippen molar-refractivity contribution in [3.8, 4) is 5.88 Å². The van der Waals surface area contributed by atoms with Crippen LogP contribution in [0.1, 0.15) is 44.2 Å². The van der Waals surface area contributed by atoms with Crippen LogP contribution in [0.3, 0.4) is 0 Å². The van der Waals surface area contributed by atoms with Crippen molar-refractivity contribution in [3.05, 3.63) is 65.2 Å². The van der Waals surface area contributed by atoms with E-state index in [2.05, 4.69) is 22.9 Å². The number of aromatic nitrogens is 1. The molecule has 2 heterocycles. The van der Waals surface area contributed by atoms with Crippen molar-refractivity contribution < 1.29 is 13.9 Å². The van der Waals surface area contributed by atoms with Crippen molar-refractivity contribution in [2.45, 2.75) is 33.1 Å². The Hall–Kier alpha value is -2.89. The summed E-state index contributed by atoms with van der Waals surface area (Å²) in [5.41, 5.74) is 4.76. The van der Waals surface area contributed by atoms with Gasteiger partial charge in [0.15, 0.2) is 0 Å². The van der Waals surface area contributed by atoms with Gasteiger partial charge in [-0.3, -0.25) is 4.79 Å². The molecule has 0 radical (unpaired) electrons. The number of carbonyl (C=O) groups is 1. The number of allylic oxidation sites excluding steroid dienone is 5. The monoisotopic (exact) mass is 399 g/mol. The molecule has 1 aliphatic heterocycles. The number of ether oxygens (including phenoxy) is 1. The Kier molecular flexibility index (Phi) is 7.76. The lowest BCUT2D eigenvalue weighted by molar-refractivity contribution is -0.125. The molecule has 1 fully saturated rings. The van der Waals surface area contributed by atoms with Gasteiger partial charge in [-0.25, -0.2) is 9.37 Å². The second-order valence-corrected chi connectivity index (χ2v) is 7.15. The molecule has 1 N–H and O–H groups in total. The molecule has 1 aromatic rings. The molecular formula is C23H30FN3O2. The molecule has 0 saturated carbocycles. The summed E-state index contributed by atoms with van der Waals surface area (Å²) in [6.07, 6.45) is 7.17. The number of amides is 1. The first-order chi connectivity index (χ1) is 13.8. The Morgan fingerprint density at radius 1 is 1.38 bits per heavy atom. The lowest BCUT2D eigenvalue weighted by atomic mass is 9.95. The summed E-state index contributed by atoms with van der Waals surface area (Å²) >= 11 is 0. The molecule has 1 amide bonds. The number of pyridine rings is 1. The van der Waals surface area contributed by atoms with Gasteiger partial charge in [0.05, 0.1) is 12.9 Å². The maximum Gasteiger partial charge on any atom is 0.245 e. The van der Waals surface area contributed by atoms with Crippen LogP contribution in [-0.2, 0) is 4.79 Å². The zero-order chi connectivity index (χ0) is 21.6. The topological polar surface area (TPSA) is 54.5 Å². The molecule has 1 aromatic heterocycles. The van der Waals surface area contributed by atoms with E-state index in [4.69, 9.17) is 4.74 Å². The maximum atomic E-state index is 13.1. The molecule has 6 heteroatoms. The first-order valence-corrected chi connectivity index (χ1v) is 9.67. The highest BCUT2D eigenvalue weighted by Crippen LogP contribution is 2.34. The molecule has 0 bridgehead atoms. The summed E-state index contributed by atoms with van der Waals surface area (Å²) < 4.78 is 18.6. The van der Waals surface area contributed by atoms with Crippen molar-refractivity contribution in [3.63, 3.8) is 0 Å². The fourth-order valence-corrected chi connectivity index (χ4v) is 3.52. The third-order valence-corrected chi connectivity index (χ3v) is 5.25. The van der Waals surface area contributed by atoms with Crippen LogP contribution in [0.2, 0.25) is 0 Å². The second kappa shape index (κ2) is 10.0. The number of methoxy groups -OCH3 is 1. The number of hydrogen-bond acceptors (Lipinski definition) is 4. The first kappa shape index (κ1) is 22.4. The van der Waals surface area contributed by atoms with Gasteiger partial charge in [0.1, 0.15) is 0 Å². The minimum absolute atomic E-state index is 0.0563. The number of nitrogens with zero attached hydrogens (tertiary/aromatic N) is 2. The van der Waals surface area contributed by atoms with Crippen molar-refractivity contribution >= 4 is 11.6 Å². The zero-order valence-corrected chi connectivity index (χ0v) is 17.9. The number of nitrogens with one attached hydrogen (secondary N) is 1. The van der Waals surface area contributed by atoms with E-state index in [-0.39, 0.29) is 17.7 Å². The third-order valence-electron chi connectivity index (χ3n) is 5.25. The van der Waals surface area contributed by atoms with Crippen LogP contribution >= 0.6 is 0 Å². The van der Waals surface area contributed by atoms with Gasteiger partial charge < -0.3 is 15.0 Å². The maximum absolute atomic E-state index is 13.1. The minimum atomic E-state index is -0.239. The van der Waals surface area contributed by atoms with E-state index in [1.807, 2.05) is 20.9 Å². The number of likely N-dealkylation sites (tertiary alicyclic amines) is 1. The summed E-state index contributed by atoms with van der Waals surface area (Å²) in [6, 6.07) is 2.07. The Labute approximate surface area is 172 Å². The summed E-state index contributed by atoms with van der Waals surface area (Å²) in [4.78, 5) is 18.2. The molecule has 0 spiro atoms. The Morgan fingerprint density at radius 2 is 2.10 bits per heavy atom. The van der Waals surface area contributed by atoms with Crippen molar-refractivity contribution in [2.75, 3.05) is 27.2 Å². The lowest BCUT2D eigenvalue weighted by Crippen LogP contribution is -2.26. The number of hydrogen-bond donors (Lipinski definition) is 1. The van der Waals surface area contributed by atoms with Gasteiger partial charge in [-0.05, 0) is 56.6 Å². The zero-order valence-electron chi connectivity index (χ0n) is 17.9. The van der Waals surface area contributed by atoms with Crippen LogP contribution in [0.25, 0.3) is 5.70 Å². The van der Waals surface area contributed by atoms with Gasteiger partial charge in [-0.2, -0.15) is 0 Å². The van der Waals surface area contributed by atoms with Crippen molar-refractivity contribution in [2.24, 2.45) is 0 Å². The molecule has 1 saturated heterocycles. The van der Waals surface area contributed by atoms with Gasteiger partial charge in [0.2, 0.25) is 11.8 Å². The summed E-state index contributed by atoms with van der Waals surface area (Å²) in [6.45, 7) is 10.2. The minimum Gasteiger partial charge on any atom is -0.481 e. The standard InChI is InChI=1S/C23H30FN3O2/c1-7-21(28)27-11-10-18(14-27)20-12-19(13-26-23(20)29-6)22(25-5)17(4)15(2)8-9-16(3)24/h7-9,12-13,18,25H,1,10-11,14H2,2-6H3/b15-8+,16-9+,22-17+. The summed E-state index contributed by atoms with van der Waals surface area (Å²) in [5, 5.41) is 3.24. The molecule has 156 valence electrons. The predicted octanol–water partition coefficient (Wildman–Crippen LogP) is 4.36. The SMILES string of the molecule is C=CC(=O)N1CCC(c2cc(\C(NC)=C(C)/C(C)=C/C=C(\C)F)cnc2OC)C1. The molecule has 29 heavy (non-hydrogen) atoms. The molecule has 0 aromatic carbocycles. The van der Waals surface area contributed by atoms with E-state index in [9.17, 15) is 9.18 Å². The fraction of sp³-hybridized carbons (Fsp3) is 0.391. The Balaban J connectivity index is 2.44. The van der Waals surface area contributed by atoms with Gasteiger partial charge in [0.25, 0.3) is 0 Å². The van der Waals surface area contributed by atoms with Gasteiger partial charge in [-0.15, -0.1) is 0 Å². The van der Waals surface area contributed by atoms with Crippen LogP contribution in [0.5, 0.6) is 5.88 Å². The van der Waals surface area contributed by atoms with E-state index in [1.54, 1.807) is 24.3 Å². The second-order valence-electron chi connectivity index (χ2n) is 7.15. The Morgan fingerprint density at radius 3 is 2.69 bits per heavy atom. The highest BCUT2D eigenvalue weighted by atomic mass is 19.1. The third kappa shape index (κ3) is 5.34. The van der Waals surface area contributed by atoms with E-state index in [1.165, 1.54) is 19.1 Å². The molecule has 0 aliphatic carbocycles. The fourth-order valence-electron chi connectivity index (χ4n) is 3.52. The number of halogens is 1. The van der Waals surface area contributed by atoms with Gasteiger partial charge in [-0.1, -0.05) is 12.7 Å². The molecular weight excluding hydrogens is 369 g/mol.